The Morgan fingerprint density at radius 3 is 2.40 bits per heavy atom. The molecule has 0 unspecified atom stereocenters. The van der Waals surface area contributed by atoms with Crippen LogP contribution < -0.4 is 0 Å². The average Bonchev–Trinajstić information content (AvgIpc) is 2.23. The van der Waals surface area contributed by atoms with Gasteiger partial charge in [0.25, 0.3) is 0 Å². The molecule has 0 heterocycles. The first-order chi connectivity index (χ1) is 7.11. The molecule has 1 aliphatic carbocycles. The Labute approximate surface area is 85.7 Å². The van der Waals surface area contributed by atoms with Crippen molar-refractivity contribution in [3.8, 4) is 0 Å². The fourth-order valence-electron chi connectivity index (χ4n) is 1.44. The van der Waals surface area contributed by atoms with E-state index in [4.69, 9.17) is 0 Å². The molecule has 2 rings (SSSR count). The number of rotatable bonds is 1. The summed E-state index contributed by atoms with van der Waals surface area (Å²) in [5.41, 5.74) is 0.578. The van der Waals surface area contributed by atoms with Crippen LogP contribution in [0.5, 0.6) is 0 Å². The lowest BCUT2D eigenvalue weighted by atomic mass is 9.94. The summed E-state index contributed by atoms with van der Waals surface area (Å²) in [6.07, 6.45) is 3.24. The molecule has 15 heavy (non-hydrogen) atoms. The minimum atomic E-state index is -3.38. The van der Waals surface area contributed by atoms with E-state index < -0.39 is 11.7 Å². The topological polar surface area (TPSA) is 17.1 Å². The summed E-state index contributed by atoms with van der Waals surface area (Å²) in [4.78, 5) is 11.4. The molecular weight excluding hydrogens is 198 g/mol. The highest BCUT2D eigenvalue weighted by Crippen LogP contribution is 2.30. The van der Waals surface area contributed by atoms with Crippen molar-refractivity contribution in [3.05, 3.63) is 54.1 Å². The highest BCUT2D eigenvalue weighted by molar-refractivity contribution is 6.25. The van der Waals surface area contributed by atoms with Crippen molar-refractivity contribution in [2.24, 2.45) is 0 Å². The summed E-state index contributed by atoms with van der Waals surface area (Å²) < 4.78 is 26.1. The number of benzene rings is 1. The van der Waals surface area contributed by atoms with Gasteiger partial charge in [-0.1, -0.05) is 42.5 Å². The number of ketones is 1. The van der Waals surface area contributed by atoms with Crippen molar-refractivity contribution >= 4 is 11.4 Å². The van der Waals surface area contributed by atoms with Gasteiger partial charge in [-0.05, 0) is 11.6 Å². The second kappa shape index (κ2) is 3.42. The molecule has 0 aromatic heterocycles. The zero-order valence-corrected chi connectivity index (χ0v) is 7.78. The van der Waals surface area contributed by atoms with Gasteiger partial charge < -0.3 is 0 Å². The van der Waals surface area contributed by atoms with Crippen molar-refractivity contribution in [3.63, 3.8) is 0 Å². The first-order valence-corrected chi connectivity index (χ1v) is 4.49. The molecule has 0 saturated carbocycles. The van der Waals surface area contributed by atoms with Gasteiger partial charge in [0.1, 0.15) is 0 Å². The molecule has 76 valence electrons. The molecule has 0 N–H and O–H groups in total. The van der Waals surface area contributed by atoms with Crippen molar-refractivity contribution < 1.29 is 13.6 Å². The molecule has 0 bridgehead atoms. The van der Waals surface area contributed by atoms with E-state index in [1.54, 1.807) is 30.3 Å². The Hall–Kier alpha value is -1.77. The highest BCUT2D eigenvalue weighted by atomic mass is 19.3. The maximum Gasteiger partial charge on any atom is 0.328 e. The zero-order chi connectivity index (χ0) is 10.9. The van der Waals surface area contributed by atoms with Gasteiger partial charge in [-0.25, -0.2) is 0 Å². The van der Waals surface area contributed by atoms with Crippen molar-refractivity contribution in [1.82, 2.24) is 0 Å². The molecule has 1 aromatic rings. The Kier molecular flexibility index (Phi) is 2.23. The molecule has 0 radical (unpaired) electrons. The maximum absolute atomic E-state index is 13.1. The number of halogens is 2. The second-order valence-electron chi connectivity index (χ2n) is 3.26. The molecule has 1 aromatic carbocycles. The number of allylic oxidation sites excluding steroid dienone is 4. The van der Waals surface area contributed by atoms with Crippen LogP contribution in [0.2, 0.25) is 0 Å². The van der Waals surface area contributed by atoms with Crippen LogP contribution in [-0.4, -0.2) is 11.7 Å². The number of carbonyl (C=O) groups is 1. The summed E-state index contributed by atoms with van der Waals surface area (Å²) in [6.45, 7) is 0. The molecule has 1 nitrogen and oxygen atoms in total. The molecule has 0 amide bonds. The van der Waals surface area contributed by atoms with E-state index in [1.165, 1.54) is 12.2 Å². The monoisotopic (exact) mass is 206 g/mol. The first-order valence-electron chi connectivity index (χ1n) is 4.49. The number of carbonyl (C=O) groups excluding carboxylic acids is 1. The molecule has 0 spiro atoms. The predicted molar refractivity (Wildman–Crippen MR) is 53.5 cm³/mol. The molecule has 3 heteroatoms. The van der Waals surface area contributed by atoms with E-state index >= 15 is 0 Å². The second-order valence-corrected chi connectivity index (χ2v) is 3.26. The quantitative estimate of drug-likeness (QED) is 0.690. The normalized spacial score (nSPS) is 18.8. The third-order valence-corrected chi connectivity index (χ3v) is 2.20. The van der Waals surface area contributed by atoms with E-state index in [9.17, 15) is 13.6 Å². The van der Waals surface area contributed by atoms with E-state index in [1.807, 2.05) is 0 Å². The van der Waals surface area contributed by atoms with Gasteiger partial charge in [0.05, 0.1) is 0 Å². The molecule has 0 saturated heterocycles. The number of Topliss-reactive ketones (excluding diaryl/α,β-unsaturated/α-hetero) is 1. The van der Waals surface area contributed by atoms with Gasteiger partial charge in [0, 0.05) is 5.57 Å². The zero-order valence-electron chi connectivity index (χ0n) is 7.78. The van der Waals surface area contributed by atoms with Crippen LogP contribution >= 0.6 is 0 Å². The van der Waals surface area contributed by atoms with Crippen LogP contribution in [0, 0.1) is 0 Å². The molecule has 1 aliphatic rings. The van der Waals surface area contributed by atoms with E-state index in [-0.39, 0.29) is 5.57 Å². The van der Waals surface area contributed by atoms with Crippen LogP contribution in [0.4, 0.5) is 8.78 Å². The number of hydrogen-bond donors (Lipinski definition) is 0. The van der Waals surface area contributed by atoms with Crippen LogP contribution in [-0.2, 0) is 4.79 Å². The highest BCUT2D eigenvalue weighted by Gasteiger charge is 2.39. The summed E-state index contributed by atoms with van der Waals surface area (Å²) in [5.74, 6) is -4.52. The van der Waals surface area contributed by atoms with Crippen LogP contribution in [0.15, 0.2) is 48.6 Å². The fraction of sp³-hybridized carbons (Fsp3) is 0.0833. The van der Waals surface area contributed by atoms with E-state index in [2.05, 4.69) is 0 Å². The molecule has 0 fully saturated rings. The smallest absolute Gasteiger partial charge is 0.287 e. The van der Waals surface area contributed by atoms with Gasteiger partial charge >= 0.3 is 5.92 Å². The SMILES string of the molecule is O=C1C(c2ccccc2)=CC=CC1(F)F. The summed E-state index contributed by atoms with van der Waals surface area (Å²) in [5, 5.41) is 0. The molecule has 0 aliphatic heterocycles. The van der Waals surface area contributed by atoms with Gasteiger partial charge in [0.15, 0.2) is 0 Å². The minimum Gasteiger partial charge on any atom is -0.287 e. The summed E-state index contributed by atoms with van der Waals surface area (Å²) in [7, 11) is 0. The standard InChI is InChI=1S/C12H8F2O/c13-12(14)8-4-7-10(11(12)15)9-5-2-1-3-6-9/h1-8H. The van der Waals surface area contributed by atoms with Crippen molar-refractivity contribution in [2.45, 2.75) is 5.92 Å². The Balaban J connectivity index is 2.44. The Bertz CT molecular complexity index is 444. The largest absolute Gasteiger partial charge is 0.328 e. The molecule has 0 atom stereocenters. The Morgan fingerprint density at radius 1 is 1.07 bits per heavy atom. The summed E-state index contributed by atoms with van der Waals surface area (Å²) >= 11 is 0. The van der Waals surface area contributed by atoms with E-state index in [0.717, 1.165) is 0 Å². The molecular formula is C12H8F2O. The lowest BCUT2D eigenvalue weighted by Crippen LogP contribution is -2.28. The lowest BCUT2D eigenvalue weighted by Gasteiger charge is -2.16. The van der Waals surface area contributed by atoms with Gasteiger partial charge in [-0.15, -0.1) is 0 Å². The van der Waals surface area contributed by atoms with E-state index in [0.29, 0.717) is 11.6 Å². The van der Waals surface area contributed by atoms with Crippen molar-refractivity contribution in [2.75, 3.05) is 0 Å². The van der Waals surface area contributed by atoms with Gasteiger partial charge in [0.2, 0.25) is 5.78 Å². The third kappa shape index (κ3) is 1.73. The van der Waals surface area contributed by atoms with Gasteiger partial charge in [-0.2, -0.15) is 8.78 Å². The van der Waals surface area contributed by atoms with Crippen LogP contribution in [0.1, 0.15) is 5.56 Å². The van der Waals surface area contributed by atoms with Crippen LogP contribution in [0.3, 0.4) is 0 Å². The maximum atomic E-state index is 13.1. The van der Waals surface area contributed by atoms with Crippen LogP contribution in [0.25, 0.3) is 5.57 Å². The lowest BCUT2D eigenvalue weighted by molar-refractivity contribution is -0.130. The number of alkyl halides is 2. The van der Waals surface area contributed by atoms with Crippen molar-refractivity contribution in [1.29, 1.82) is 0 Å². The van der Waals surface area contributed by atoms with Gasteiger partial charge in [-0.3, -0.25) is 4.79 Å². The fourth-order valence-corrected chi connectivity index (χ4v) is 1.44. The number of hydrogen-bond acceptors (Lipinski definition) is 1. The average molecular weight is 206 g/mol. The third-order valence-electron chi connectivity index (χ3n) is 2.20. The minimum absolute atomic E-state index is 0.0584. The summed E-state index contributed by atoms with van der Waals surface area (Å²) in [6, 6.07) is 8.46. The Morgan fingerprint density at radius 2 is 1.73 bits per heavy atom. The predicted octanol–water partition coefficient (Wildman–Crippen LogP) is 2.84. The first kappa shape index (κ1) is 9.77.